The Bertz CT molecular complexity index is 1750. The molecular weight excluding hydrogens is 616 g/mol. The molecule has 1 aliphatic carbocycles. The Labute approximate surface area is 234 Å². The SMILES string of the molecule is COc1cc(OC)c(/C=c2/sc3n(c2=O)[C@H](c2ccc(Br)cc2)C2=C(N=3)c3ccccc3CC2)cc1Br. The van der Waals surface area contributed by atoms with Gasteiger partial charge >= 0.3 is 0 Å². The van der Waals surface area contributed by atoms with Crippen LogP contribution in [0.4, 0.5) is 0 Å². The van der Waals surface area contributed by atoms with E-state index in [0.29, 0.717) is 20.8 Å². The summed E-state index contributed by atoms with van der Waals surface area (Å²) in [4.78, 5) is 19.8. The Kier molecular flexibility index (Phi) is 6.42. The minimum absolute atomic E-state index is 0.0592. The van der Waals surface area contributed by atoms with Gasteiger partial charge in [-0.2, -0.15) is 0 Å². The second-order valence-corrected chi connectivity index (χ2v) is 11.7. The lowest BCUT2D eigenvalue weighted by Crippen LogP contribution is -2.38. The molecule has 0 amide bonds. The van der Waals surface area contributed by atoms with Crippen LogP contribution in [-0.2, 0) is 6.42 Å². The van der Waals surface area contributed by atoms with E-state index in [1.165, 1.54) is 22.5 Å². The zero-order chi connectivity index (χ0) is 25.7. The maximum Gasteiger partial charge on any atom is 0.271 e. The minimum atomic E-state index is -0.209. The first-order chi connectivity index (χ1) is 18.0. The first kappa shape index (κ1) is 24.4. The van der Waals surface area contributed by atoms with Crippen LogP contribution in [0.3, 0.4) is 0 Å². The van der Waals surface area contributed by atoms with Gasteiger partial charge in [0.1, 0.15) is 11.5 Å². The van der Waals surface area contributed by atoms with Crippen LogP contribution in [-0.4, -0.2) is 18.8 Å². The van der Waals surface area contributed by atoms with Crippen molar-refractivity contribution in [2.24, 2.45) is 4.99 Å². The van der Waals surface area contributed by atoms with Crippen LogP contribution in [0, 0.1) is 0 Å². The highest BCUT2D eigenvalue weighted by Crippen LogP contribution is 2.41. The molecule has 0 bridgehead atoms. The molecule has 0 unspecified atom stereocenters. The summed E-state index contributed by atoms with van der Waals surface area (Å²) < 4.78 is 15.3. The molecule has 0 N–H and O–H groups in total. The molecule has 1 aromatic heterocycles. The molecule has 2 aliphatic rings. The Morgan fingerprint density at radius 2 is 1.76 bits per heavy atom. The molecule has 186 valence electrons. The zero-order valence-corrected chi connectivity index (χ0v) is 24.1. The number of rotatable bonds is 4. The third-order valence-electron chi connectivity index (χ3n) is 6.85. The third kappa shape index (κ3) is 4.21. The van der Waals surface area contributed by atoms with Gasteiger partial charge in [-0.15, -0.1) is 0 Å². The lowest BCUT2D eigenvalue weighted by molar-refractivity contribution is 0.392. The maximum atomic E-state index is 14.0. The molecule has 0 fully saturated rings. The van der Waals surface area contributed by atoms with Gasteiger partial charge in [0.2, 0.25) is 0 Å². The minimum Gasteiger partial charge on any atom is -0.496 e. The van der Waals surface area contributed by atoms with Crippen LogP contribution in [0.1, 0.15) is 34.7 Å². The molecule has 0 spiro atoms. The molecule has 0 radical (unpaired) electrons. The van der Waals surface area contributed by atoms with Crippen LogP contribution < -0.4 is 24.4 Å². The number of nitrogens with zero attached hydrogens (tertiary/aromatic N) is 2. The summed E-state index contributed by atoms with van der Waals surface area (Å²) >= 11 is 8.51. The first-order valence-electron chi connectivity index (χ1n) is 11.8. The lowest BCUT2D eigenvalue weighted by atomic mass is 9.83. The normalized spacial score (nSPS) is 16.5. The number of methoxy groups -OCH3 is 2. The number of ether oxygens (including phenoxy) is 2. The number of aryl methyl sites for hydroxylation is 1. The molecule has 0 saturated carbocycles. The molecule has 1 aliphatic heterocycles. The number of aromatic nitrogens is 1. The van der Waals surface area contributed by atoms with Crippen molar-refractivity contribution in [2.75, 3.05) is 14.2 Å². The maximum absolute atomic E-state index is 14.0. The number of hydrogen-bond acceptors (Lipinski definition) is 5. The molecule has 0 saturated heterocycles. The van der Waals surface area contributed by atoms with E-state index in [1.807, 2.05) is 34.9 Å². The molecule has 37 heavy (non-hydrogen) atoms. The van der Waals surface area contributed by atoms with E-state index in [2.05, 4.69) is 68.3 Å². The van der Waals surface area contributed by atoms with Gasteiger partial charge < -0.3 is 9.47 Å². The highest BCUT2D eigenvalue weighted by Gasteiger charge is 2.32. The summed E-state index contributed by atoms with van der Waals surface area (Å²) in [5, 5.41) is 0. The fourth-order valence-electron chi connectivity index (χ4n) is 5.10. The van der Waals surface area contributed by atoms with Crippen molar-refractivity contribution in [3.8, 4) is 11.5 Å². The van der Waals surface area contributed by atoms with Crippen molar-refractivity contribution >= 4 is 55.0 Å². The number of allylic oxidation sites excluding steroid dienone is 1. The molecule has 1 atom stereocenters. The van der Waals surface area contributed by atoms with E-state index >= 15 is 0 Å². The van der Waals surface area contributed by atoms with Gasteiger partial charge in [-0.25, -0.2) is 4.99 Å². The molecule has 6 rings (SSSR count). The van der Waals surface area contributed by atoms with E-state index in [9.17, 15) is 4.79 Å². The van der Waals surface area contributed by atoms with Gasteiger partial charge in [0.15, 0.2) is 4.80 Å². The van der Waals surface area contributed by atoms with Gasteiger partial charge in [0.05, 0.1) is 35.0 Å². The average Bonchev–Trinajstić information content (AvgIpc) is 3.22. The highest BCUT2D eigenvalue weighted by atomic mass is 79.9. The van der Waals surface area contributed by atoms with Crippen molar-refractivity contribution in [3.63, 3.8) is 0 Å². The molecular formula is C29H22Br2N2O3S. The van der Waals surface area contributed by atoms with Crippen molar-refractivity contribution in [1.82, 2.24) is 4.57 Å². The summed E-state index contributed by atoms with van der Waals surface area (Å²) in [5.41, 5.74) is 6.43. The Morgan fingerprint density at radius 3 is 2.51 bits per heavy atom. The van der Waals surface area contributed by atoms with Crippen LogP contribution in [0.2, 0.25) is 0 Å². The summed E-state index contributed by atoms with van der Waals surface area (Å²) in [5.74, 6) is 1.29. The van der Waals surface area contributed by atoms with Crippen LogP contribution >= 0.6 is 43.2 Å². The van der Waals surface area contributed by atoms with Crippen LogP contribution in [0.5, 0.6) is 11.5 Å². The van der Waals surface area contributed by atoms with E-state index in [0.717, 1.165) is 44.2 Å². The summed E-state index contributed by atoms with van der Waals surface area (Å²) in [6.45, 7) is 0. The van der Waals surface area contributed by atoms with E-state index in [-0.39, 0.29) is 11.6 Å². The van der Waals surface area contributed by atoms with Crippen molar-refractivity contribution in [2.45, 2.75) is 18.9 Å². The monoisotopic (exact) mass is 636 g/mol. The Balaban J connectivity index is 1.61. The largest absolute Gasteiger partial charge is 0.496 e. The van der Waals surface area contributed by atoms with Crippen molar-refractivity contribution < 1.29 is 9.47 Å². The number of halogens is 2. The topological polar surface area (TPSA) is 52.8 Å². The standard InChI is InChI=1S/C29H22Br2N2O3S/c1-35-23-15-24(36-2)22(31)13-18(23)14-25-28(34)33-27(17-7-10-19(30)11-8-17)21-12-9-16-5-3-4-6-20(16)26(21)32-29(33)37-25/h3-8,10-11,13-15,27H,9,12H2,1-2H3/b25-14+/t27-/m1/s1. The van der Waals surface area contributed by atoms with E-state index in [4.69, 9.17) is 14.5 Å². The Morgan fingerprint density at radius 1 is 1.00 bits per heavy atom. The fourth-order valence-corrected chi connectivity index (χ4v) is 6.88. The molecule has 5 nitrogen and oxygen atoms in total. The molecule has 2 heterocycles. The second kappa shape index (κ2) is 9.74. The molecule has 3 aromatic carbocycles. The summed E-state index contributed by atoms with van der Waals surface area (Å²) in [7, 11) is 3.22. The first-order valence-corrected chi connectivity index (χ1v) is 14.2. The smallest absolute Gasteiger partial charge is 0.271 e. The summed E-state index contributed by atoms with van der Waals surface area (Å²) in [6.07, 6.45) is 3.67. The average molecular weight is 638 g/mol. The molecule has 4 aromatic rings. The lowest BCUT2D eigenvalue weighted by Gasteiger charge is -2.30. The fraction of sp³-hybridized carbons (Fsp3) is 0.172. The highest BCUT2D eigenvalue weighted by molar-refractivity contribution is 9.10. The zero-order valence-electron chi connectivity index (χ0n) is 20.1. The number of thiazole rings is 1. The van der Waals surface area contributed by atoms with Crippen molar-refractivity contribution in [1.29, 1.82) is 0 Å². The third-order valence-corrected chi connectivity index (χ3v) is 8.98. The van der Waals surface area contributed by atoms with E-state index < -0.39 is 0 Å². The van der Waals surface area contributed by atoms with E-state index in [1.54, 1.807) is 14.2 Å². The Hall–Kier alpha value is -2.94. The van der Waals surface area contributed by atoms with Gasteiger partial charge in [0, 0.05) is 21.7 Å². The van der Waals surface area contributed by atoms with Gasteiger partial charge in [-0.3, -0.25) is 9.36 Å². The van der Waals surface area contributed by atoms with Gasteiger partial charge in [-0.05, 0) is 69.7 Å². The number of benzene rings is 3. The number of hydrogen-bond donors (Lipinski definition) is 0. The predicted molar refractivity (Wildman–Crippen MR) is 154 cm³/mol. The number of fused-ring (bicyclic) bond motifs is 3. The molecule has 8 heteroatoms. The van der Waals surface area contributed by atoms with Gasteiger partial charge in [-0.1, -0.05) is 63.7 Å². The quantitative estimate of drug-likeness (QED) is 0.282. The predicted octanol–water partition coefficient (Wildman–Crippen LogP) is 5.86. The van der Waals surface area contributed by atoms with Crippen molar-refractivity contribution in [3.05, 3.63) is 117 Å². The second-order valence-electron chi connectivity index (χ2n) is 8.89. The van der Waals surface area contributed by atoms with Crippen LogP contribution in [0.25, 0.3) is 11.8 Å². The van der Waals surface area contributed by atoms with Gasteiger partial charge in [0.25, 0.3) is 5.56 Å². The summed E-state index contributed by atoms with van der Waals surface area (Å²) in [6, 6.07) is 20.2. The van der Waals surface area contributed by atoms with Crippen LogP contribution in [0.15, 0.2) is 85.0 Å².